The van der Waals surface area contributed by atoms with Crippen molar-refractivity contribution in [2.45, 2.75) is 96.7 Å². The molecule has 0 saturated carbocycles. The quantitative estimate of drug-likeness (QED) is 0.0545. The van der Waals surface area contributed by atoms with E-state index in [0.29, 0.717) is 54.7 Å². The van der Waals surface area contributed by atoms with E-state index >= 15 is 0 Å². The number of amides is 2. The molecule has 2 aromatic carbocycles. The first-order chi connectivity index (χ1) is 33.9. The highest BCUT2D eigenvalue weighted by Crippen LogP contribution is 2.43. The first kappa shape index (κ1) is 50.7. The minimum Gasteiger partial charge on any atom is -0.507 e. The number of benzene rings is 2. The molecule has 6 heterocycles. The van der Waals surface area contributed by atoms with Crippen LogP contribution in [0.1, 0.15) is 94.7 Å². The Kier molecular flexibility index (Phi) is 17.0. The van der Waals surface area contributed by atoms with Crippen molar-refractivity contribution in [3.63, 3.8) is 0 Å². The molecule has 4 atom stereocenters. The number of nitrogens with one attached hydrogen (secondary N) is 1. The van der Waals surface area contributed by atoms with Crippen LogP contribution in [-0.4, -0.2) is 137 Å². The Morgan fingerprint density at radius 2 is 1.64 bits per heavy atom. The van der Waals surface area contributed by atoms with Gasteiger partial charge in [-0.25, -0.2) is 4.98 Å². The second-order valence-corrected chi connectivity index (χ2v) is 20.3. The second-order valence-electron chi connectivity index (χ2n) is 19.4. The lowest BCUT2D eigenvalue weighted by molar-refractivity contribution is -0.141. The van der Waals surface area contributed by atoms with Gasteiger partial charge in [0.05, 0.1) is 59.4 Å². The number of β-amino-alcohol motifs (C(OH)–C–C–N with tert-alkyl or cyclic N) is 1. The number of aliphatic hydroxyl groups is 1. The monoisotopic (exact) mass is 979 g/mol. The molecule has 1 spiro atoms. The zero-order chi connectivity index (χ0) is 49.2. The molecule has 5 N–H and O–H groups in total. The molecular formula is C52H69N9O8S. The maximum absolute atomic E-state index is 14.1. The number of nitrogens with two attached hydrogens (primary N) is 1. The molecule has 5 aromatic rings. The van der Waals surface area contributed by atoms with Crippen molar-refractivity contribution >= 4 is 34.7 Å². The summed E-state index contributed by atoms with van der Waals surface area (Å²) in [5, 5.41) is 36.6. The molecule has 8 rings (SSSR count). The van der Waals surface area contributed by atoms with E-state index in [0.717, 1.165) is 85.8 Å². The lowest BCUT2D eigenvalue weighted by Gasteiger charge is -2.47. The molecule has 376 valence electrons. The van der Waals surface area contributed by atoms with Gasteiger partial charge >= 0.3 is 0 Å². The van der Waals surface area contributed by atoms with Gasteiger partial charge in [0, 0.05) is 44.3 Å². The molecule has 0 bridgehead atoms. The number of ether oxygens (including phenoxy) is 3. The highest BCUT2D eigenvalue weighted by atomic mass is 32.1. The number of nitrogen functional groups attached to an aromatic ring is 1. The fraction of sp³-hybridized carbons (Fsp3) is 0.538. The maximum Gasteiger partial charge on any atom is 0.254 e. The van der Waals surface area contributed by atoms with Gasteiger partial charge < -0.3 is 54.7 Å². The summed E-state index contributed by atoms with van der Waals surface area (Å²) in [4.78, 5) is 39.6. The third-order valence-electron chi connectivity index (χ3n) is 14.3. The van der Waals surface area contributed by atoms with E-state index < -0.39 is 18.1 Å². The number of aromatic hydroxyl groups is 1. The van der Waals surface area contributed by atoms with E-state index in [2.05, 4.69) is 35.5 Å². The molecule has 3 aromatic heterocycles. The number of likely N-dealkylation sites (tertiary alicyclic amines) is 2. The van der Waals surface area contributed by atoms with E-state index in [1.807, 2.05) is 75.7 Å². The average molecular weight is 980 g/mol. The molecule has 3 aliphatic heterocycles. The molecule has 3 fully saturated rings. The lowest BCUT2D eigenvalue weighted by atomic mass is 9.71. The summed E-state index contributed by atoms with van der Waals surface area (Å²) in [6.45, 7) is 15.1. The van der Waals surface area contributed by atoms with Crippen molar-refractivity contribution in [2.24, 2.45) is 11.3 Å². The van der Waals surface area contributed by atoms with Crippen molar-refractivity contribution in [1.82, 2.24) is 35.5 Å². The summed E-state index contributed by atoms with van der Waals surface area (Å²) in [5.41, 5.74) is 13.6. The van der Waals surface area contributed by atoms with Crippen LogP contribution in [0.2, 0.25) is 0 Å². The third kappa shape index (κ3) is 12.4. The highest BCUT2D eigenvalue weighted by Gasteiger charge is 2.44. The Morgan fingerprint density at radius 3 is 2.36 bits per heavy atom. The summed E-state index contributed by atoms with van der Waals surface area (Å²) in [5.74, 6) is -0.357. The first-order valence-electron chi connectivity index (χ1n) is 24.8. The fourth-order valence-electron chi connectivity index (χ4n) is 10.1. The minimum absolute atomic E-state index is 0.0484. The standard InChI is InChI=1S/C52H69N9O8S/c1-34(2)47(51(65)61-32-39(62)29-43(61)50(64)55-35(3)37-11-13-38(14-12-37)48-36(4)54-33-70-48)45-31-46(58-69-45)68-28-27-67-26-25-66-24-8-7-19-59-20-15-52(16-21-59)17-22-60(23-18-52)42-30-41(56-57-49(42)53)40-9-5-6-10-44(40)63/h5-6,9-14,30-31,33-35,39,43,47,62-63H,7-8,15-29,32H2,1-4H3,(H2,53,57)(H,55,64)/t35-,39+,43-,47+/m0/s1. The van der Waals surface area contributed by atoms with Crippen LogP contribution < -0.4 is 20.7 Å². The average Bonchev–Trinajstić information content (AvgIpc) is 4.12. The molecule has 2 amide bonds. The predicted molar refractivity (Wildman–Crippen MR) is 269 cm³/mol. The number of phenolic OH excluding ortho intramolecular Hbond substituents is 1. The largest absolute Gasteiger partial charge is 0.507 e. The van der Waals surface area contributed by atoms with Gasteiger partial charge in [0.15, 0.2) is 11.6 Å². The molecule has 70 heavy (non-hydrogen) atoms. The van der Waals surface area contributed by atoms with Crippen molar-refractivity contribution in [3.8, 4) is 33.3 Å². The van der Waals surface area contributed by atoms with E-state index in [9.17, 15) is 19.8 Å². The van der Waals surface area contributed by atoms with Gasteiger partial charge in [-0.15, -0.1) is 21.5 Å². The van der Waals surface area contributed by atoms with Gasteiger partial charge in [0.1, 0.15) is 24.3 Å². The van der Waals surface area contributed by atoms with Crippen LogP contribution in [0.15, 0.2) is 70.7 Å². The maximum atomic E-state index is 14.1. The van der Waals surface area contributed by atoms with Crippen LogP contribution in [0.3, 0.4) is 0 Å². The van der Waals surface area contributed by atoms with Crippen molar-refractivity contribution in [3.05, 3.63) is 83.2 Å². The van der Waals surface area contributed by atoms with Crippen LogP contribution in [0.5, 0.6) is 11.6 Å². The number of hydrogen-bond donors (Lipinski definition) is 4. The number of carbonyl (C=O) groups is 2. The number of phenols is 1. The Balaban J connectivity index is 0.682. The number of aromatic nitrogens is 4. The van der Waals surface area contributed by atoms with E-state index in [4.69, 9.17) is 24.5 Å². The van der Waals surface area contributed by atoms with Crippen molar-refractivity contribution in [2.75, 3.05) is 82.9 Å². The summed E-state index contributed by atoms with van der Waals surface area (Å²) in [7, 11) is 0. The SMILES string of the molecule is Cc1ncsc1-c1ccc([C@H](C)NC(=O)[C@@H]2C[C@@H](O)CN2C(=O)[C@@H](c2cc(OCCOCCOCCCCN3CCC4(CC3)CCN(c3cc(-c5ccccc5O)nnc3N)CC4)no2)C(C)C)cc1. The van der Waals surface area contributed by atoms with Gasteiger partial charge in [0.25, 0.3) is 5.88 Å². The van der Waals surface area contributed by atoms with Crippen molar-refractivity contribution < 1.29 is 38.5 Å². The number of piperidine rings is 2. The number of rotatable bonds is 21. The van der Waals surface area contributed by atoms with Crippen LogP contribution >= 0.6 is 11.3 Å². The van der Waals surface area contributed by atoms with Gasteiger partial charge in [-0.05, 0) is 118 Å². The van der Waals surface area contributed by atoms with Gasteiger partial charge in [-0.3, -0.25) is 9.59 Å². The normalized spacial score (nSPS) is 19.2. The fourth-order valence-corrected chi connectivity index (χ4v) is 10.9. The van der Waals surface area contributed by atoms with Crippen LogP contribution in [0.25, 0.3) is 21.7 Å². The molecule has 17 nitrogen and oxygen atoms in total. The smallest absolute Gasteiger partial charge is 0.254 e. The van der Waals surface area contributed by atoms with Gasteiger partial charge in [-0.1, -0.05) is 50.2 Å². The molecule has 3 aliphatic rings. The summed E-state index contributed by atoms with van der Waals surface area (Å²) in [6, 6.07) is 17.6. The Labute approximate surface area is 414 Å². The molecular weight excluding hydrogens is 911 g/mol. The predicted octanol–water partition coefficient (Wildman–Crippen LogP) is 7.00. The number of anilines is 2. The zero-order valence-corrected chi connectivity index (χ0v) is 41.7. The number of unbranched alkanes of at least 4 members (excludes halogenated alkanes) is 1. The molecule has 0 unspecified atom stereocenters. The minimum atomic E-state index is -0.830. The van der Waals surface area contributed by atoms with Crippen LogP contribution in [-0.2, 0) is 19.1 Å². The Bertz CT molecular complexity index is 2480. The summed E-state index contributed by atoms with van der Waals surface area (Å²) >= 11 is 1.59. The first-order valence-corrected chi connectivity index (χ1v) is 25.7. The lowest BCUT2D eigenvalue weighted by Crippen LogP contribution is -2.48. The second kappa shape index (κ2) is 23.5. The van der Waals surface area contributed by atoms with Crippen LogP contribution in [0.4, 0.5) is 11.5 Å². The highest BCUT2D eigenvalue weighted by molar-refractivity contribution is 7.13. The van der Waals surface area contributed by atoms with E-state index in [1.165, 1.54) is 17.7 Å². The number of aryl methyl sites for hydroxylation is 1. The number of para-hydroxylation sites is 1. The molecule has 0 radical (unpaired) electrons. The Hall–Kier alpha value is -5.66. The molecule has 0 aliphatic carbocycles. The third-order valence-corrected chi connectivity index (χ3v) is 15.3. The van der Waals surface area contributed by atoms with E-state index in [1.54, 1.807) is 29.5 Å². The summed E-state index contributed by atoms with van der Waals surface area (Å²) in [6.07, 6.45) is 6.07. The van der Waals surface area contributed by atoms with Crippen molar-refractivity contribution in [1.29, 1.82) is 0 Å². The zero-order valence-electron chi connectivity index (χ0n) is 40.9. The van der Waals surface area contributed by atoms with Crippen LogP contribution in [0, 0.1) is 18.3 Å². The molecule has 18 heteroatoms. The van der Waals surface area contributed by atoms with E-state index in [-0.39, 0.29) is 55.0 Å². The number of thiazole rings is 1. The number of aliphatic hydroxyl groups excluding tert-OH is 1. The topological polar surface area (TPSA) is 215 Å². The summed E-state index contributed by atoms with van der Waals surface area (Å²) < 4.78 is 23.0. The number of carbonyl (C=O) groups excluding carboxylic acids is 2. The Morgan fingerprint density at radius 1 is 0.929 bits per heavy atom. The number of nitrogens with zero attached hydrogens (tertiary/aromatic N) is 7. The van der Waals surface area contributed by atoms with Gasteiger partial charge in [0.2, 0.25) is 11.8 Å². The molecule has 3 saturated heterocycles. The number of hydrogen-bond acceptors (Lipinski definition) is 16. The van der Waals surface area contributed by atoms with Gasteiger partial charge in [-0.2, -0.15) is 0 Å².